The second-order valence-electron chi connectivity index (χ2n) is 7.02. The number of hydrogen-bond acceptors (Lipinski definition) is 6. The lowest BCUT2D eigenvalue weighted by atomic mass is 10.1. The molecule has 0 amide bonds. The van der Waals surface area contributed by atoms with E-state index in [9.17, 15) is 8.42 Å². The van der Waals surface area contributed by atoms with Gasteiger partial charge in [-0.1, -0.05) is 41.9 Å². The summed E-state index contributed by atoms with van der Waals surface area (Å²) in [5.74, 6) is 0.526. The Labute approximate surface area is 183 Å². The van der Waals surface area contributed by atoms with Gasteiger partial charge in [-0.15, -0.1) is 0 Å². The summed E-state index contributed by atoms with van der Waals surface area (Å²) < 4.78 is 28.7. The van der Waals surface area contributed by atoms with Crippen molar-refractivity contribution in [3.8, 4) is 0 Å². The summed E-state index contributed by atoms with van der Waals surface area (Å²) >= 11 is 6.31. The molecule has 31 heavy (non-hydrogen) atoms. The maximum Gasteiger partial charge on any atom is 0.270 e. The van der Waals surface area contributed by atoms with Crippen molar-refractivity contribution < 1.29 is 8.42 Å². The van der Waals surface area contributed by atoms with Gasteiger partial charge < -0.3 is 10.3 Å². The molecule has 1 aliphatic rings. The molecule has 0 radical (unpaired) electrons. The lowest BCUT2D eigenvalue weighted by molar-refractivity contribution is 0.592. The van der Waals surface area contributed by atoms with Gasteiger partial charge in [0.1, 0.15) is 16.7 Å². The van der Waals surface area contributed by atoms with Gasteiger partial charge in [0.2, 0.25) is 0 Å². The quantitative estimate of drug-likeness (QED) is 0.484. The van der Waals surface area contributed by atoms with E-state index >= 15 is 0 Å². The first-order chi connectivity index (χ1) is 15.0. The number of hydrogen-bond donors (Lipinski definition) is 2. The fourth-order valence-corrected chi connectivity index (χ4v) is 5.95. The zero-order valence-electron chi connectivity index (χ0n) is 16.3. The van der Waals surface area contributed by atoms with Crippen LogP contribution in [0.1, 0.15) is 12.5 Å². The third-order valence-corrected chi connectivity index (χ3v) is 7.35. The summed E-state index contributed by atoms with van der Waals surface area (Å²) in [6, 6.07) is 13.5. The highest BCUT2D eigenvalue weighted by atomic mass is 35.5. The number of anilines is 2. The smallest absolute Gasteiger partial charge is 0.270 e. The number of fused-ring (bicyclic) bond motifs is 2. The van der Waals surface area contributed by atoms with E-state index in [1.165, 1.54) is 17.0 Å². The lowest BCUT2D eigenvalue weighted by Crippen LogP contribution is -2.40. The zero-order valence-corrected chi connectivity index (χ0v) is 17.9. The largest absolute Gasteiger partial charge is 0.360 e. The zero-order chi connectivity index (χ0) is 21.6. The SMILES string of the molecule is CC(Nc1ncnc2nc[nH]c12)C1=Cc2cccc(Cl)c2S(=O)(=O)N1c1ccccc1. The van der Waals surface area contributed by atoms with Crippen molar-refractivity contribution >= 4 is 50.4 Å². The molecule has 0 spiro atoms. The molecule has 1 unspecified atom stereocenters. The van der Waals surface area contributed by atoms with Crippen LogP contribution in [0.15, 0.2) is 71.8 Å². The summed E-state index contributed by atoms with van der Waals surface area (Å²) in [6.07, 6.45) is 4.78. The first kappa shape index (κ1) is 19.5. The van der Waals surface area contributed by atoms with Crippen molar-refractivity contribution in [2.45, 2.75) is 17.9 Å². The molecule has 4 aromatic rings. The molecule has 5 rings (SSSR count). The molecular formula is C21H17ClN6O2S. The average Bonchev–Trinajstić information content (AvgIpc) is 3.23. The van der Waals surface area contributed by atoms with E-state index in [4.69, 9.17) is 11.6 Å². The molecule has 0 bridgehead atoms. The Morgan fingerprint density at radius 1 is 1.06 bits per heavy atom. The molecule has 3 heterocycles. The number of nitrogens with zero attached hydrogens (tertiary/aromatic N) is 4. The number of sulfonamides is 1. The summed E-state index contributed by atoms with van der Waals surface area (Å²) in [5.41, 5.74) is 2.75. The Balaban J connectivity index is 1.66. The molecule has 2 aromatic heterocycles. The van der Waals surface area contributed by atoms with E-state index in [-0.39, 0.29) is 9.92 Å². The van der Waals surface area contributed by atoms with Gasteiger partial charge in [-0.25, -0.2) is 27.7 Å². The second-order valence-corrected chi connectivity index (χ2v) is 9.15. The summed E-state index contributed by atoms with van der Waals surface area (Å²) in [7, 11) is -3.94. The Bertz CT molecular complexity index is 1420. The fraction of sp³-hybridized carbons (Fsp3) is 0.0952. The van der Waals surface area contributed by atoms with Crippen molar-refractivity contribution in [1.82, 2.24) is 19.9 Å². The molecule has 2 aromatic carbocycles. The summed E-state index contributed by atoms with van der Waals surface area (Å²) in [6.45, 7) is 1.87. The van der Waals surface area contributed by atoms with Crippen molar-refractivity contribution in [2.24, 2.45) is 0 Å². The predicted octanol–water partition coefficient (Wildman–Crippen LogP) is 4.06. The molecule has 8 nitrogen and oxygen atoms in total. The van der Waals surface area contributed by atoms with Gasteiger partial charge >= 0.3 is 0 Å². The number of benzene rings is 2. The number of para-hydroxylation sites is 1. The van der Waals surface area contributed by atoms with Gasteiger partial charge in [-0.2, -0.15) is 0 Å². The highest BCUT2D eigenvalue weighted by Crippen LogP contribution is 2.40. The van der Waals surface area contributed by atoms with Crippen LogP contribution < -0.4 is 9.62 Å². The molecule has 0 saturated carbocycles. The number of imidazole rings is 1. The maximum absolute atomic E-state index is 13.7. The average molecular weight is 453 g/mol. The van der Waals surface area contributed by atoms with Crippen LogP contribution in [-0.4, -0.2) is 34.4 Å². The van der Waals surface area contributed by atoms with Crippen LogP contribution in [0, 0.1) is 0 Å². The molecule has 0 saturated heterocycles. The van der Waals surface area contributed by atoms with Crippen molar-refractivity contribution in [1.29, 1.82) is 0 Å². The van der Waals surface area contributed by atoms with Gasteiger partial charge in [-0.3, -0.25) is 0 Å². The molecule has 2 N–H and O–H groups in total. The Hall–Kier alpha value is -3.43. The molecule has 1 aliphatic heterocycles. The molecule has 156 valence electrons. The third-order valence-electron chi connectivity index (χ3n) is 5.04. The number of aromatic amines is 1. The lowest BCUT2D eigenvalue weighted by Gasteiger charge is -2.34. The number of halogens is 1. The van der Waals surface area contributed by atoms with Crippen LogP contribution in [0.5, 0.6) is 0 Å². The number of nitrogens with one attached hydrogen (secondary N) is 2. The summed E-state index contributed by atoms with van der Waals surface area (Å²) in [4.78, 5) is 15.7. The topological polar surface area (TPSA) is 104 Å². The second kappa shape index (κ2) is 7.36. The highest BCUT2D eigenvalue weighted by Gasteiger charge is 2.37. The fourth-order valence-electron chi connectivity index (χ4n) is 3.66. The minimum absolute atomic E-state index is 0.0921. The first-order valence-electron chi connectivity index (χ1n) is 9.48. The molecule has 10 heteroatoms. The van der Waals surface area contributed by atoms with E-state index in [0.717, 1.165) is 0 Å². The monoisotopic (exact) mass is 452 g/mol. The van der Waals surface area contributed by atoms with E-state index in [0.29, 0.717) is 33.9 Å². The van der Waals surface area contributed by atoms with Crippen LogP contribution in [-0.2, 0) is 10.0 Å². The van der Waals surface area contributed by atoms with Gasteiger partial charge in [0.05, 0.1) is 28.8 Å². The third kappa shape index (κ3) is 3.22. The van der Waals surface area contributed by atoms with Crippen LogP contribution in [0.4, 0.5) is 11.5 Å². The van der Waals surface area contributed by atoms with Crippen LogP contribution >= 0.6 is 11.6 Å². The molecule has 0 aliphatic carbocycles. The van der Waals surface area contributed by atoms with Gasteiger partial charge in [0, 0.05) is 0 Å². The van der Waals surface area contributed by atoms with E-state index in [1.54, 1.807) is 42.5 Å². The molecule has 1 atom stereocenters. The Morgan fingerprint density at radius 2 is 1.87 bits per heavy atom. The van der Waals surface area contributed by atoms with Crippen molar-refractivity contribution in [2.75, 3.05) is 9.62 Å². The van der Waals surface area contributed by atoms with Crippen molar-refractivity contribution in [3.05, 3.63) is 77.5 Å². The minimum Gasteiger partial charge on any atom is -0.360 e. The number of aromatic nitrogens is 4. The van der Waals surface area contributed by atoms with Gasteiger partial charge in [-0.05, 0) is 36.8 Å². The van der Waals surface area contributed by atoms with Crippen LogP contribution in [0.25, 0.3) is 17.2 Å². The van der Waals surface area contributed by atoms with Gasteiger partial charge in [0.15, 0.2) is 11.5 Å². The predicted molar refractivity (Wildman–Crippen MR) is 120 cm³/mol. The molecular weight excluding hydrogens is 436 g/mol. The normalized spacial score (nSPS) is 15.9. The number of rotatable bonds is 4. The molecule has 0 fully saturated rings. The van der Waals surface area contributed by atoms with Crippen LogP contribution in [0.3, 0.4) is 0 Å². The van der Waals surface area contributed by atoms with E-state index < -0.39 is 16.1 Å². The van der Waals surface area contributed by atoms with E-state index in [1.807, 2.05) is 19.1 Å². The summed E-state index contributed by atoms with van der Waals surface area (Å²) in [5, 5.41) is 3.48. The Morgan fingerprint density at radius 3 is 2.68 bits per heavy atom. The van der Waals surface area contributed by atoms with Gasteiger partial charge in [0.25, 0.3) is 10.0 Å². The first-order valence-corrected chi connectivity index (χ1v) is 11.3. The van der Waals surface area contributed by atoms with E-state index in [2.05, 4.69) is 25.3 Å². The minimum atomic E-state index is -3.94. The standard InChI is InChI=1S/C21H17ClN6O2S/c1-13(27-21-18-20(24-11-23-18)25-12-26-21)17-10-14-6-5-9-16(22)19(14)31(29,30)28(17)15-7-3-2-4-8-15/h2-13H,1H3,(H2,23,24,25,26,27). The number of H-pyrrole nitrogens is 1. The Kier molecular flexibility index (Phi) is 4.64. The van der Waals surface area contributed by atoms with Crippen molar-refractivity contribution in [3.63, 3.8) is 0 Å². The highest BCUT2D eigenvalue weighted by molar-refractivity contribution is 7.93. The maximum atomic E-state index is 13.7. The van der Waals surface area contributed by atoms with Crippen LogP contribution in [0.2, 0.25) is 5.02 Å².